The van der Waals surface area contributed by atoms with Crippen LogP contribution >= 0.6 is 0 Å². The molecule has 0 atom stereocenters. The molecule has 1 aromatic heterocycles. The zero-order chi connectivity index (χ0) is 14.2. The van der Waals surface area contributed by atoms with Crippen LogP contribution in [0.4, 0.5) is 0 Å². The number of nitrogens with one attached hydrogen (secondary N) is 1. The van der Waals surface area contributed by atoms with Crippen molar-refractivity contribution in [3.8, 4) is 0 Å². The standard InChI is InChI=1S/C16H19N3O/c1-2-3-4-10-16(20)17-11-7-12-19-13-18-14-8-5-6-9-15(14)19/h2-6,8-10,13H,7,11-12H2,1H3,(H,17,20)/b3-2+,10-4+. The van der Waals surface area contributed by atoms with Gasteiger partial charge in [-0.15, -0.1) is 0 Å². The van der Waals surface area contributed by atoms with E-state index < -0.39 is 0 Å². The maximum Gasteiger partial charge on any atom is 0.243 e. The van der Waals surface area contributed by atoms with Crippen LogP contribution in [0.1, 0.15) is 13.3 Å². The van der Waals surface area contributed by atoms with Gasteiger partial charge in [-0.25, -0.2) is 4.98 Å². The number of benzene rings is 1. The predicted octanol–water partition coefficient (Wildman–Crippen LogP) is 2.67. The van der Waals surface area contributed by atoms with Gasteiger partial charge < -0.3 is 9.88 Å². The molecule has 20 heavy (non-hydrogen) atoms. The molecule has 0 bridgehead atoms. The highest BCUT2D eigenvalue weighted by molar-refractivity contribution is 5.87. The third-order valence-electron chi connectivity index (χ3n) is 2.95. The Balaban J connectivity index is 1.77. The summed E-state index contributed by atoms with van der Waals surface area (Å²) in [7, 11) is 0. The first-order chi connectivity index (χ1) is 9.81. The Hall–Kier alpha value is -2.36. The van der Waals surface area contributed by atoms with Crippen LogP contribution in [0.5, 0.6) is 0 Å². The van der Waals surface area contributed by atoms with Crippen molar-refractivity contribution < 1.29 is 4.79 Å². The Bertz CT molecular complexity index is 625. The molecule has 0 aliphatic carbocycles. The maximum absolute atomic E-state index is 11.4. The molecule has 0 aliphatic heterocycles. The molecule has 4 heteroatoms. The summed E-state index contributed by atoms with van der Waals surface area (Å²) < 4.78 is 2.11. The molecule has 1 heterocycles. The molecule has 0 fully saturated rings. The average molecular weight is 269 g/mol. The van der Waals surface area contributed by atoms with E-state index >= 15 is 0 Å². The summed E-state index contributed by atoms with van der Waals surface area (Å²) in [6.45, 7) is 3.42. The van der Waals surface area contributed by atoms with Crippen LogP contribution in [-0.2, 0) is 11.3 Å². The van der Waals surface area contributed by atoms with Crippen LogP contribution in [0.3, 0.4) is 0 Å². The first-order valence-electron chi connectivity index (χ1n) is 6.78. The van der Waals surface area contributed by atoms with Crippen molar-refractivity contribution >= 4 is 16.9 Å². The molecule has 0 saturated heterocycles. The van der Waals surface area contributed by atoms with E-state index in [0.29, 0.717) is 6.54 Å². The number of aromatic nitrogens is 2. The minimum Gasteiger partial charge on any atom is -0.352 e. The molecule has 1 amide bonds. The second-order valence-electron chi connectivity index (χ2n) is 4.46. The number of carbonyl (C=O) groups excluding carboxylic acids is 1. The highest BCUT2D eigenvalue weighted by atomic mass is 16.1. The van der Waals surface area contributed by atoms with Gasteiger partial charge >= 0.3 is 0 Å². The van der Waals surface area contributed by atoms with Gasteiger partial charge in [-0.1, -0.05) is 30.4 Å². The van der Waals surface area contributed by atoms with Crippen LogP contribution in [0.15, 0.2) is 54.9 Å². The average Bonchev–Trinajstić information content (AvgIpc) is 2.87. The fourth-order valence-electron chi connectivity index (χ4n) is 1.96. The van der Waals surface area contributed by atoms with Crippen molar-refractivity contribution in [2.45, 2.75) is 19.9 Å². The summed E-state index contributed by atoms with van der Waals surface area (Å²) in [4.78, 5) is 15.8. The summed E-state index contributed by atoms with van der Waals surface area (Å²) in [5.41, 5.74) is 2.14. The molecule has 0 radical (unpaired) electrons. The Kier molecular flexibility index (Phi) is 5.12. The number of carbonyl (C=O) groups is 1. The van der Waals surface area contributed by atoms with E-state index in [1.807, 2.05) is 43.6 Å². The van der Waals surface area contributed by atoms with Crippen molar-refractivity contribution in [2.24, 2.45) is 0 Å². The first-order valence-corrected chi connectivity index (χ1v) is 6.78. The van der Waals surface area contributed by atoms with E-state index in [9.17, 15) is 4.79 Å². The van der Waals surface area contributed by atoms with Crippen molar-refractivity contribution in [3.63, 3.8) is 0 Å². The van der Waals surface area contributed by atoms with Gasteiger partial charge in [0.2, 0.25) is 5.91 Å². The number of rotatable bonds is 6. The van der Waals surface area contributed by atoms with Gasteiger partial charge in [0.25, 0.3) is 0 Å². The first kappa shape index (κ1) is 14.1. The Morgan fingerprint density at radius 1 is 1.35 bits per heavy atom. The largest absolute Gasteiger partial charge is 0.352 e. The van der Waals surface area contributed by atoms with Gasteiger partial charge in [-0.2, -0.15) is 0 Å². The lowest BCUT2D eigenvalue weighted by atomic mass is 10.3. The second-order valence-corrected chi connectivity index (χ2v) is 4.46. The van der Waals surface area contributed by atoms with Crippen LogP contribution in [0, 0.1) is 0 Å². The maximum atomic E-state index is 11.4. The van der Waals surface area contributed by atoms with Crippen molar-refractivity contribution in [1.82, 2.24) is 14.9 Å². The highest BCUT2D eigenvalue weighted by Gasteiger charge is 2.01. The number of nitrogens with zero attached hydrogens (tertiary/aromatic N) is 2. The number of para-hydroxylation sites is 2. The normalized spacial score (nSPS) is 11.7. The number of hydrogen-bond acceptors (Lipinski definition) is 2. The van der Waals surface area contributed by atoms with Crippen LogP contribution < -0.4 is 5.32 Å². The summed E-state index contributed by atoms with van der Waals surface area (Å²) >= 11 is 0. The third kappa shape index (κ3) is 3.82. The van der Waals surface area contributed by atoms with Crippen molar-refractivity contribution in [1.29, 1.82) is 0 Å². The van der Waals surface area contributed by atoms with Crippen molar-refractivity contribution in [3.05, 3.63) is 54.9 Å². The zero-order valence-electron chi connectivity index (χ0n) is 11.6. The monoisotopic (exact) mass is 269 g/mol. The van der Waals surface area contributed by atoms with Gasteiger partial charge in [-0.05, 0) is 25.5 Å². The molecule has 1 N–H and O–H groups in total. The summed E-state index contributed by atoms with van der Waals surface area (Å²) in [6, 6.07) is 8.05. The van der Waals surface area contributed by atoms with E-state index in [1.54, 1.807) is 6.08 Å². The molecule has 0 saturated carbocycles. The van der Waals surface area contributed by atoms with Gasteiger partial charge in [0.05, 0.1) is 17.4 Å². The molecular weight excluding hydrogens is 250 g/mol. The lowest BCUT2D eigenvalue weighted by Gasteiger charge is -2.04. The summed E-state index contributed by atoms with van der Waals surface area (Å²) in [6.07, 6.45) is 9.71. The highest BCUT2D eigenvalue weighted by Crippen LogP contribution is 2.11. The molecule has 104 valence electrons. The number of aryl methyl sites for hydroxylation is 1. The Morgan fingerprint density at radius 2 is 2.20 bits per heavy atom. The van der Waals surface area contributed by atoms with Crippen LogP contribution in [0.25, 0.3) is 11.0 Å². The molecule has 0 aliphatic rings. The number of amides is 1. The minimum atomic E-state index is -0.0569. The quantitative estimate of drug-likeness (QED) is 0.498. The summed E-state index contributed by atoms with van der Waals surface area (Å²) in [5.74, 6) is -0.0569. The Morgan fingerprint density at radius 3 is 3.05 bits per heavy atom. The predicted molar refractivity (Wildman–Crippen MR) is 81.3 cm³/mol. The topological polar surface area (TPSA) is 46.9 Å². The smallest absolute Gasteiger partial charge is 0.243 e. The van der Waals surface area contributed by atoms with E-state index in [-0.39, 0.29) is 5.91 Å². The number of allylic oxidation sites excluding steroid dienone is 3. The van der Waals surface area contributed by atoms with E-state index in [1.165, 1.54) is 6.08 Å². The lowest BCUT2D eigenvalue weighted by Crippen LogP contribution is -2.23. The van der Waals surface area contributed by atoms with Gasteiger partial charge in [0, 0.05) is 19.2 Å². The zero-order valence-corrected chi connectivity index (χ0v) is 11.6. The molecule has 0 spiro atoms. The van der Waals surface area contributed by atoms with Gasteiger partial charge in [-0.3, -0.25) is 4.79 Å². The third-order valence-corrected chi connectivity index (χ3v) is 2.95. The number of hydrogen-bond donors (Lipinski definition) is 1. The Labute approximate surface area is 118 Å². The lowest BCUT2D eigenvalue weighted by molar-refractivity contribution is -0.116. The molecule has 0 unspecified atom stereocenters. The molecule has 4 nitrogen and oxygen atoms in total. The fraction of sp³-hybridized carbons (Fsp3) is 0.250. The van der Waals surface area contributed by atoms with Gasteiger partial charge in [0.1, 0.15) is 0 Å². The van der Waals surface area contributed by atoms with Gasteiger partial charge in [0.15, 0.2) is 0 Å². The van der Waals surface area contributed by atoms with E-state index in [4.69, 9.17) is 0 Å². The van der Waals surface area contributed by atoms with Crippen molar-refractivity contribution in [2.75, 3.05) is 6.54 Å². The molecular formula is C16H19N3O. The second kappa shape index (κ2) is 7.28. The molecule has 2 rings (SSSR count). The van der Waals surface area contributed by atoms with Crippen LogP contribution in [-0.4, -0.2) is 22.0 Å². The SMILES string of the molecule is C/C=C/C=C/C(=O)NCCCn1cnc2ccccc21. The van der Waals surface area contributed by atoms with Crippen LogP contribution in [0.2, 0.25) is 0 Å². The fourth-order valence-corrected chi connectivity index (χ4v) is 1.96. The van der Waals surface area contributed by atoms with E-state index in [0.717, 1.165) is 24.0 Å². The molecule has 2 aromatic rings. The number of fused-ring (bicyclic) bond motifs is 1. The number of imidazole rings is 1. The van der Waals surface area contributed by atoms with E-state index in [2.05, 4.69) is 20.9 Å². The minimum absolute atomic E-state index is 0.0569. The summed E-state index contributed by atoms with van der Waals surface area (Å²) in [5, 5.41) is 2.86. The molecule has 1 aromatic carbocycles.